The molecule has 2 atom stereocenters. The quantitative estimate of drug-likeness (QED) is 0.774. The molecule has 0 bridgehead atoms. The monoisotopic (exact) mass is 194 g/mol. The highest BCUT2D eigenvalue weighted by Gasteiger charge is 2.25. The molecule has 0 amide bonds. The third-order valence-electron chi connectivity index (χ3n) is 2.45. The number of benzene rings is 1. The number of fused-ring (bicyclic) bond motifs is 1. The summed E-state index contributed by atoms with van der Waals surface area (Å²) in [4.78, 5) is 0. The van der Waals surface area contributed by atoms with E-state index in [4.69, 9.17) is 14.6 Å². The van der Waals surface area contributed by atoms with E-state index in [9.17, 15) is 0 Å². The molecule has 0 saturated heterocycles. The van der Waals surface area contributed by atoms with Gasteiger partial charge in [0.2, 0.25) is 0 Å². The van der Waals surface area contributed by atoms with Crippen molar-refractivity contribution in [1.82, 2.24) is 0 Å². The van der Waals surface area contributed by atoms with Crippen LogP contribution in [0.1, 0.15) is 6.92 Å². The second kappa shape index (κ2) is 3.88. The fraction of sp³-hybridized carbons (Fsp3) is 0.455. The molecule has 3 heteroatoms. The fourth-order valence-corrected chi connectivity index (χ4v) is 1.43. The van der Waals surface area contributed by atoms with E-state index in [1.165, 1.54) is 0 Å². The molecule has 2 unspecified atom stereocenters. The van der Waals surface area contributed by atoms with Crippen LogP contribution < -0.4 is 9.47 Å². The Labute approximate surface area is 83.3 Å². The molecular formula is C11H14O3. The first-order valence-corrected chi connectivity index (χ1v) is 4.80. The van der Waals surface area contributed by atoms with Crippen molar-refractivity contribution in [1.29, 1.82) is 0 Å². The summed E-state index contributed by atoms with van der Waals surface area (Å²) in [5, 5.41) is 9.00. The molecule has 0 saturated carbocycles. The van der Waals surface area contributed by atoms with Gasteiger partial charge in [-0.3, -0.25) is 0 Å². The number of hydrogen-bond donors (Lipinski definition) is 1. The average Bonchev–Trinajstić information content (AvgIpc) is 2.27. The minimum atomic E-state index is -0.0464. The molecule has 14 heavy (non-hydrogen) atoms. The molecule has 1 aliphatic rings. The van der Waals surface area contributed by atoms with Crippen LogP contribution in [0.25, 0.3) is 0 Å². The van der Waals surface area contributed by atoms with Gasteiger partial charge < -0.3 is 14.6 Å². The molecule has 0 aromatic heterocycles. The van der Waals surface area contributed by atoms with Gasteiger partial charge in [0.1, 0.15) is 12.7 Å². The highest BCUT2D eigenvalue weighted by molar-refractivity contribution is 5.40. The van der Waals surface area contributed by atoms with Gasteiger partial charge in [-0.2, -0.15) is 0 Å². The van der Waals surface area contributed by atoms with Gasteiger partial charge in [-0.25, -0.2) is 0 Å². The summed E-state index contributed by atoms with van der Waals surface area (Å²) < 4.78 is 11.2. The maximum atomic E-state index is 9.00. The predicted octanol–water partition coefficient (Wildman–Crippen LogP) is 1.45. The van der Waals surface area contributed by atoms with E-state index in [1.54, 1.807) is 0 Å². The summed E-state index contributed by atoms with van der Waals surface area (Å²) in [5.74, 6) is 1.65. The topological polar surface area (TPSA) is 38.7 Å². The lowest BCUT2D eigenvalue weighted by Crippen LogP contribution is -2.36. The summed E-state index contributed by atoms with van der Waals surface area (Å²) >= 11 is 0. The van der Waals surface area contributed by atoms with E-state index in [-0.39, 0.29) is 18.6 Å². The Morgan fingerprint density at radius 2 is 2.14 bits per heavy atom. The molecule has 0 spiro atoms. The zero-order valence-corrected chi connectivity index (χ0v) is 8.14. The highest BCUT2D eigenvalue weighted by Crippen LogP contribution is 2.32. The Morgan fingerprint density at radius 3 is 2.86 bits per heavy atom. The Morgan fingerprint density at radius 1 is 1.43 bits per heavy atom. The Balaban J connectivity index is 2.13. The van der Waals surface area contributed by atoms with Crippen LogP contribution in [0.2, 0.25) is 0 Å². The lowest BCUT2D eigenvalue weighted by molar-refractivity contribution is 0.0319. The van der Waals surface area contributed by atoms with E-state index >= 15 is 0 Å². The minimum absolute atomic E-state index is 0.0464. The van der Waals surface area contributed by atoms with Gasteiger partial charge in [-0.1, -0.05) is 19.1 Å². The lowest BCUT2D eigenvalue weighted by Gasteiger charge is -2.29. The molecule has 1 aliphatic heterocycles. The maximum Gasteiger partial charge on any atom is 0.161 e. The molecule has 0 radical (unpaired) electrons. The average molecular weight is 194 g/mol. The van der Waals surface area contributed by atoms with Gasteiger partial charge in [0.25, 0.3) is 0 Å². The fourth-order valence-electron chi connectivity index (χ4n) is 1.43. The second-order valence-corrected chi connectivity index (χ2v) is 3.57. The normalized spacial score (nSPS) is 21.7. The van der Waals surface area contributed by atoms with Crippen molar-refractivity contribution in [2.75, 3.05) is 13.2 Å². The van der Waals surface area contributed by atoms with Crippen LogP contribution in [0.5, 0.6) is 11.5 Å². The van der Waals surface area contributed by atoms with Crippen molar-refractivity contribution in [2.24, 2.45) is 5.92 Å². The molecule has 1 N–H and O–H groups in total. The number of rotatable bonds is 2. The number of hydrogen-bond acceptors (Lipinski definition) is 3. The van der Waals surface area contributed by atoms with Gasteiger partial charge in [-0.15, -0.1) is 0 Å². The summed E-state index contributed by atoms with van der Waals surface area (Å²) in [6, 6.07) is 7.59. The van der Waals surface area contributed by atoms with Gasteiger partial charge >= 0.3 is 0 Å². The van der Waals surface area contributed by atoms with Crippen LogP contribution in [0.15, 0.2) is 24.3 Å². The minimum Gasteiger partial charge on any atom is -0.486 e. The summed E-state index contributed by atoms with van der Waals surface area (Å²) in [6.45, 7) is 2.58. The van der Waals surface area contributed by atoms with Crippen molar-refractivity contribution in [3.8, 4) is 11.5 Å². The first kappa shape index (κ1) is 9.34. The molecule has 0 fully saturated rings. The van der Waals surface area contributed by atoms with Gasteiger partial charge in [0.05, 0.1) is 0 Å². The predicted molar refractivity (Wildman–Crippen MR) is 52.6 cm³/mol. The molecule has 2 rings (SSSR count). The molecule has 1 aromatic carbocycles. The lowest BCUT2D eigenvalue weighted by atomic mass is 10.1. The molecule has 1 heterocycles. The standard InChI is InChI=1S/C11H14O3/c1-8(6-12)11-7-13-9-4-2-3-5-10(9)14-11/h2-5,8,11-12H,6-7H2,1H3. The van der Waals surface area contributed by atoms with Gasteiger partial charge in [-0.05, 0) is 12.1 Å². The summed E-state index contributed by atoms with van der Waals surface area (Å²) in [6.07, 6.45) is -0.0464. The number of para-hydroxylation sites is 2. The van der Waals surface area contributed by atoms with Gasteiger partial charge in [0.15, 0.2) is 11.5 Å². The summed E-state index contributed by atoms with van der Waals surface area (Å²) in [7, 11) is 0. The zero-order chi connectivity index (χ0) is 9.97. The summed E-state index contributed by atoms with van der Waals surface area (Å²) in [5.41, 5.74) is 0. The number of ether oxygens (including phenoxy) is 2. The zero-order valence-electron chi connectivity index (χ0n) is 8.14. The molecule has 1 aromatic rings. The first-order valence-electron chi connectivity index (χ1n) is 4.80. The van der Waals surface area contributed by atoms with Crippen LogP contribution in [-0.4, -0.2) is 24.4 Å². The maximum absolute atomic E-state index is 9.00. The van der Waals surface area contributed by atoms with Crippen LogP contribution >= 0.6 is 0 Å². The number of aliphatic hydroxyl groups is 1. The molecular weight excluding hydrogens is 180 g/mol. The van der Waals surface area contributed by atoms with Crippen LogP contribution in [0, 0.1) is 5.92 Å². The first-order chi connectivity index (χ1) is 6.81. The third kappa shape index (κ3) is 1.68. The van der Waals surface area contributed by atoms with Crippen molar-refractivity contribution >= 4 is 0 Å². The largest absolute Gasteiger partial charge is 0.486 e. The Hall–Kier alpha value is -1.22. The van der Waals surface area contributed by atoms with Gasteiger partial charge in [0, 0.05) is 12.5 Å². The van der Waals surface area contributed by atoms with E-state index in [2.05, 4.69) is 0 Å². The highest BCUT2D eigenvalue weighted by atomic mass is 16.6. The van der Waals surface area contributed by atoms with Crippen molar-refractivity contribution in [2.45, 2.75) is 13.0 Å². The van der Waals surface area contributed by atoms with Crippen LogP contribution in [-0.2, 0) is 0 Å². The van der Waals surface area contributed by atoms with Crippen LogP contribution in [0.4, 0.5) is 0 Å². The number of aliphatic hydroxyl groups excluding tert-OH is 1. The SMILES string of the molecule is CC(CO)C1COc2ccccc2O1. The van der Waals surface area contributed by atoms with Crippen molar-refractivity contribution < 1.29 is 14.6 Å². The molecule has 3 nitrogen and oxygen atoms in total. The van der Waals surface area contributed by atoms with Crippen molar-refractivity contribution in [3.05, 3.63) is 24.3 Å². The van der Waals surface area contributed by atoms with Crippen molar-refractivity contribution in [3.63, 3.8) is 0 Å². The third-order valence-corrected chi connectivity index (χ3v) is 2.45. The smallest absolute Gasteiger partial charge is 0.161 e. The van der Waals surface area contributed by atoms with E-state index in [0.717, 1.165) is 11.5 Å². The second-order valence-electron chi connectivity index (χ2n) is 3.57. The molecule has 76 valence electrons. The molecule has 0 aliphatic carbocycles. The van der Waals surface area contributed by atoms with E-state index in [0.29, 0.717) is 6.61 Å². The Kier molecular flexibility index (Phi) is 2.59. The Bertz CT molecular complexity index is 311. The van der Waals surface area contributed by atoms with E-state index in [1.807, 2.05) is 31.2 Å². The van der Waals surface area contributed by atoms with E-state index < -0.39 is 0 Å². The van der Waals surface area contributed by atoms with Crippen LogP contribution in [0.3, 0.4) is 0 Å².